The lowest BCUT2D eigenvalue weighted by Crippen LogP contribution is -2.40. The van der Waals surface area contributed by atoms with Crippen molar-refractivity contribution in [2.75, 3.05) is 37.4 Å². The van der Waals surface area contributed by atoms with Crippen molar-refractivity contribution in [1.82, 2.24) is 19.8 Å². The molecule has 1 N–H and O–H groups in total. The summed E-state index contributed by atoms with van der Waals surface area (Å²) in [5, 5.41) is 0. The van der Waals surface area contributed by atoms with E-state index in [1.54, 1.807) is 23.1 Å². The molecule has 6 bridgehead atoms. The Labute approximate surface area is 248 Å². The molecule has 2 aliphatic heterocycles. The van der Waals surface area contributed by atoms with E-state index in [2.05, 4.69) is 40.4 Å². The van der Waals surface area contributed by atoms with E-state index in [0.717, 1.165) is 29.7 Å². The van der Waals surface area contributed by atoms with Gasteiger partial charge in [-0.15, -0.1) is 12.4 Å². The zero-order valence-corrected chi connectivity index (χ0v) is 25.8. The minimum absolute atomic E-state index is 0. The Morgan fingerprint density at radius 3 is 2.41 bits per heavy atom. The van der Waals surface area contributed by atoms with E-state index in [9.17, 15) is 13.2 Å². The minimum atomic E-state index is -4.07. The molecule has 220 valence electrons. The Hall–Kier alpha value is -3.21. The van der Waals surface area contributed by atoms with E-state index < -0.39 is 10.0 Å². The summed E-state index contributed by atoms with van der Waals surface area (Å²) in [6.07, 6.45) is 0.631. The van der Waals surface area contributed by atoms with Crippen molar-refractivity contribution in [2.45, 2.75) is 52.0 Å². The zero-order chi connectivity index (χ0) is 28.7. The first-order valence-corrected chi connectivity index (χ1v) is 15.1. The predicted octanol–water partition coefficient (Wildman–Crippen LogP) is 4.94. The number of fused-ring (bicyclic) bond motifs is 6. The van der Waals surface area contributed by atoms with Gasteiger partial charge in [-0.3, -0.25) is 9.69 Å². The van der Waals surface area contributed by atoms with Gasteiger partial charge in [0.1, 0.15) is 6.10 Å². The lowest BCUT2D eigenvalue weighted by molar-refractivity contribution is 0.0690. The summed E-state index contributed by atoms with van der Waals surface area (Å²) in [5.41, 5.74) is 3.95. The average Bonchev–Trinajstić information content (AvgIpc) is 3.08. The number of sulfonamides is 1. The Morgan fingerprint density at radius 2 is 1.71 bits per heavy atom. The van der Waals surface area contributed by atoms with Crippen molar-refractivity contribution >= 4 is 34.3 Å². The first-order valence-electron chi connectivity index (χ1n) is 13.6. The van der Waals surface area contributed by atoms with Gasteiger partial charge in [-0.25, -0.2) is 18.1 Å². The molecule has 5 rings (SSSR count). The number of amides is 1. The van der Waals surface area contributed by atoms with E-state index >= 15 is 0 Å². The minimum Gasteiger partial charge on any atom is -0.471 e. The molecule has 0 radical (unpaired) electrons. The molecule has 2 aromatic carbocycles. The molecule has 11 heteroatoms. The molecule has 0 aliphatic carbocycles. The number of carbonyl (C=O) groups excluding carboxylic acids is 1. The van der Waals surface area contributed by atoms with Crippen LogP contribution in [0.15, 0.2) is 53.4 Å². The van der Waals surface area contributed by atoms with Gasteiger partial charge in [-0.2, -0.15) is 4.98 Å². The molecule has 2 aliphatic rings. The van der Waals surface area contributed by atoms with Crippen molar-refractivity contribution < 1.29 is 17.9 Å². The second-order valence-corrected chi connectivity index (χ2v) is 13.6. The third-order valence-electron chi connectivity index (χ3n) is 7.38. The Balaban J connectivity index is 0.00000387. The topological polar surface area (TPSA) is 105 Å². The molecule has 1 amide bonds. The Bertz CT molecular complexity index is 1520. The number of hydrogen-bond acceptors (Lipinski definition) is 7. The number of nitrogens with zero attached hydrogens (tertiary/aromatic N) is 4. The van der Waals surface area contributed by atoms with Crippen LogP contribution < -0.4 is 9.46 Å². The van der Waals surface area contributed by atoms with Gasteiger partial charge in [-0.05, 0) is 61.6 Å². The van der Waals surface area contributed by atoms with Crippen molar-refractivity contribution in [3.8, 4) is 17.1 Å². The lowest BCUT2D eigenvalue weighted by atomic mass is 9.92. The molecular formula is C30H38ClN5O4S. The lowest BCUT2D eigenvalue weighted by Gasteiger charge is -2.27. The highest BCUT2D eigenvalue weighted by Gasteiger charge is 2.30. The van der Waals surface area contributed by atoms with Crippen LogP contribution in [0.2, 0.25) is 0 Å². The highest BCUT2D eigenvalue weighted by Crippen LogP contribution is 2.30. The summed E-state index contributed by atoms with van der Waals surface area (Å²) < 4.78 is 35.8. The summed E-state index contributed by atoms with van der Waals surface area (Å²) in [6.45, 7) is 13.7. The summed E-state index contributed by atoms with van der Waals surface area (Å²) in [7, 11) is -4.07. The number of benzene rings is 2. The maximum absolute atomic E-state index is 13.6. The van der Waals surface area contributed by atoms with Crippen molar-refractivity contribution in [1.29, 1.82) is 0 Å². The second-order valence-electron chi connectivity index (χ2n) is 11.9. The molecular weight excluding hydrogens is 562 g/mol. The predicted molar refractivity (Wildman–Crippen MR) is 162 cm³/mol. The molecule has 0 unspecified atom stereocenters. The van der Waals surface area contributed by atoms with Crippen LogP contribution in [0.1, 0.15) is 48.7 Å². The Kier molecular flexibility index (Phi) is 8.96. The number of ether oxygens (including phenoxy) is 1. The van der Waals surface area contributed by atoms with Crippen LogP contribution in [0.4, 0.5) is 5.95 Å². The number of anilines is 1. The third-order valence-corrected chi connectivity index (χ3v) is 8.71. The number of aromatic nitrogens is 2. The van der Waals surface area contributed by atoms with Gasteiger partial charge in [0.05, 0.1) is 17.1 Å². The summed E-state index contributed by atoms with van der Waals surface area (Å²) in [4.78, 5) is 26.8. The van der Waals surface area contributed by atoms with Crippen LogP contribution in [0.25, 0.3) is 11.3 Å². The monoisotopic (exact) mass is 599 g/mol. The van der Waals surface area contributed by atoms with Crippen LogP contribution in [0.5, 0.6) is 5.88 Å². The molecule has 3 heterocycles. The molecule has 1 saturated heterocycles. The van der Waals surface area contributed by atoms with Crippen LogP contribution >= 0.6 is 12.4 Å². The van der Waals surface area contributed by atoms with E-state index in [4.69, 9.17) is 4.74 Å². The van der Waals surface area contributed by atoms with Gasteiger partial charge in [0.2, 0.25) is 11.8 Å². The first-order chi connectivity index (χ1) is 18.9. The number of nitrogens with one attached hydrogen (secondary N) is 1. The molecule has 1 aromatic heterocycles. The fourth-order valence-corrected chi connectivity index (χ4v) is 6.19. The first kappa shape index (κ1) is 30.7. The fraction of sp³-hybridized carbons (Fsp3) is 0.433. The van der Waals surface area contributed by atoms with E-state index in [-0.39, 0.29) is 46.6 Å². The number of halogens is 1. The molecule has 41 heavy (non-hydrogen) atoms. The zero-order valence-electron chi connectivity index (χ0n) is 24.2. The number of rotatable bonds is 3. The summed E-state index contributed by atoms with van der Waals surface area (Å²) in [6, 6.07) is 13.8. The van der Waals surface area contributed by atoms with Crippen LogP contribution in [-0.2, 0) is 10.0 Å². The van der Waals surface area contributed by atoms with E-state index in [0.29, 0.717) is 37.4 Å². The fourth-order valence-electron chi connectivity index (χ4n) is 5.20. The average molecular weight is 600 g/mol. The second kappa shape index (κ2) is 12.0. The third kappa shape index (κ3) is 7.17. The molecule has 0 saturated carbocycles. The van der Waals surface area contributed by atoms with Crippen LogP contribution in [0.3, 0.4) is 0 Å². The maximum atomic E-state index is 13.6. The SMILES string of the molecule is Cc1cccc(C)c1-c1cc2nc(n1)NS(=O)(=O)c1cccc(c1)C(=O)N1CCN(CCC(C)(C)C)C[C@H](C1)O2.Cl. The Morgan fingerprint density at radius 1 is 1.00 bits per heavy atom. The van der Waals surface area contributed by atoms with Gasteiger partial charge in [0.25, 0.3) is 15.9 Å². The number of carbonyl (C=O) groups is 1. The van der Waals surface area contributed by atoms with Gasteiger partial charge in [0.15, 0.2) is 0 Å². The summed E-state index contributed by atoms with van der Waals surface area (Å²) >= 11 is 0. The number of hydrogen-bond donors (Lipinski definition) is 1. The molecule has 0 spiro atoms. The molecule has 1 fully saturated rings. The van der Waals surface area contributed by atoms with Crippen LogP contribution in [0, 0.1) is 19.3 Å². The number of aryl methyl sites for hydroxylation is 2. The highest BCUT2D eigenvalue weighted by molar-refractivity contribution is 7.92. The van der Waals surface area contributed by atoms with Crippen molar-refractivity contribution in [2.24, 2.45) is 5.41 Å². The van der Waals surface area contributed by atoms with Gasteiger partial charge in [-0.1, -0.05) is 45.0 Å². The standard InChI is InChI=1S/C30H37N5O4S.ClH/c1-20-8-6-9-21(2)27(20)25-17-26-32-29(31-25)33-40(37,38)24-11-7-10-22(16-24)28(36)35-15-14-34(13-12-30(3,4)5)18-23(19-35)39-26;/h6-11,16-17,23H,12-15,18-19H2,1-5H3,(H,31,32,33);1H/t23-;/m1./s1. The van der Waals surface area contributed by atoms with Gasteiger partial charge >= 0.3 is 0 Å². The molecule has 1 atom stereocenters. The highest BCUT2D eigenvalue weighted by atomic mass is 35.5. The van der Waals surface area contributed by atoms with E-state index in [1.807, 2.05) is 32.0 Å². The van der Waals surface area contributed by atoms with Crippen molar-refractivity contribution in [3.63, 3.8) is 0 Å². The van der Waals surface area contributed by atoms with Crippen molar-refractivity contribution in [3.05, 3.63) is 65.2 Å². The van der Waals surface area contributed by atoms with Crippen LogP contribution in [-0.4, -0.2) is 72.9 Å². The van der Waals surface area contributed by atoms with E-state index in [1.165, 1.54) is 12.1 Å². The smallest absolute Gasteiger partial charge is 0.264 e. The molecule has 3 aromatic rings. The quantitative estimate of drug-likeness (QED) is 0.455. The summed E-state index contributed by atoms with van der Waals surface area (Å²) in [5.74, 6) is -0.0517. The molecule has 9 nitrogen and oxygen atoms in total. The van der Waals surface area contributed by atoms with Gasteiger partial charge < -0.3 is 9.64 Å². The maximum Gasteiger partial charge on any atom is 0.264 e. The normalized spacial score (nSPS) is 18.9. The van der Waals surface area contributed by atoms with Gasteiger partial charge in [0, 0.05) is 36.8 Å². The largest absolute Gasteiger partial charge is 0.471 e.